The zero-order valence-electron chi connectivity index (χ0n) is 27.8. The van der Waals surface area contributed by atoms with Crippen LogP contribution in [0.3, 0.4) is 0 Å². The molecule has 0 radical (unpaired) electrons. The molecule has 1 aromatic carbocycles. The van der Waals surface area contributed by atoms with E-state index in [1.807, 2.05) is 27.7 Å². The fourth-order valence-corrected chi connectivity index (χ4v) is 6.61. The highest BCUT2D eigenvalue weighted by Crippen LogP contribution is 2.43. The normalized spacial score (nSPS) is 23.5. The molecule has 9 nitrogen and oxygen atoms in total. The molecule has 0 aromatic heterocycles. The smallest absolute Gasteiger partial charge is 0.468 e. The lowest BCUT2D eigenvalue weighted by Gasteiger charge is -2.37. The van der Waals surface area contributed by atoms with Gasteiger partial charge in [0.1, 0.15) is 23.4 Å². The average molecular weight is 639 g/mol. The standard InChI is InChI=1S/C30H48BFN2O7SSi/c1-27(2,3)39-26(36)34(19-38-15-16-43(10,11)12)25-33-30(8,18-23(42-25)24(35)37-9)21-17-20(13-14-22(21)32)31-40-28(4,5)29(6,7)41-31/h13-14,17,23H,15-16,18-19H2,1-12H3/t23?,30-/m0/s1. The molecule has 2 aliphatic heterocycles. The minimum Gasteiger partial charge on any atom is -0.468 e. The molecule has 0 saturated carbocycles. The lowest BCUT2D eigenvalue weighted by molar-refractivity contribution is -0.140. The molecule has 2 heterocycles. The topological polar surface area (TPSA) is 95.9 Å². The van der Waals surface area contributed by atoms with Crippen molar-refractivity contribution in [3.05, 3.63) is 29.6 Å². The van der Waals surface area contributed by atoms with Crippen LogP contribution in [0, 0.1) is 5.82 Å². The summed E-state index contributed by atoms with van der Waals surface area (Å²) in [5.41, 5.74) is -2.33. The van der Waals surface area contributed by atoms with E-state index in [-0.39, 0.29) is 23.9 Å². The number of rotatable bonds is 8. The summed E-state index contributed by atoms with van der Waals surface area (Å²) >= 11 is 1.08. The highest BCUT2D eigenvalue weighted by Gasteiger charge is 2.52. The Bertz CT molecular complexity index is 1220. The molecular weight excluding hydrogens is 590 g/mol. The van der Waals surface area contributed by atoms with E-state index >= 15 is 4.39 Å². The second-order valence-electron chi connectivity index (χ2n) is 14.6. The molecule has 0 N–H and O–H groups in total. The molecule has 1 unspecified atom stereocenters. The Morgan fingerprint density at radius 3 is 2.28 bits per heavy atom. The van der Waals surface area contributed by atoms with Crippen molar-refractivity contribution in [3.8, 4) is 0 Å². The molecule has 0 aliphatic carbocycles. The zero-order chi connectivity index (χ0) is 32.6. The number of thioether (sulfide) groups is 1. The monoisotopic (exact) mass is 638 g/mol. The van der Waals surface area contributed by atoms with Crippen molar-refractivity contribution in [2.45, 2.75) is 115 Å². The number of carbonyl (C=O) groups is 2. The van der Waals surface area contributed by atoms with Gasteiger partial charge in [-0.15, -0.1) is 0 Å². The van der Waals surface area contributed by atoms with Gasteiger partial charge in [-0.1, -0.05) is 43.5 Å². The molecule has 1 aromatic rings. The Kier molecular flexibility index (Phi) is 10.6. The molecule has 1 fully saturated rings. The van der Waals surface area contributed by atoms with Crippen LogP contribution in [0.4, 0.5) is 9.18 Å². The van der Waals surface area contributed by atoms with Crippen molar-refractivity contribution in [2.75, 3.05) is 20.4 Å². The van der Waals surface area contributed by atoms with Gasteiger partial charge in [-0.2, -0.15) is 0 Å². The highest BCUT2D eigenvalue weighted by atomic mass is 32.2. The van der Waals surface area contributed by atoms with Gasteiger partial charge in [0.2, 0.25) is 0 Å². The number of amides is 1. The van der Waals surface area contributed by atoms with Crippen molar-refractivity contribution in [1.29, 1.82) is 0 Å². The molecule has 2 aliphatic rings. The number of esters is 1. The Labute approximate surface area is 261 Å². The summed E-state index contributed by atoms with van der Waals surface area (Å²) in [5.74, 6) is -1.01. The third-order valence-corrected chi connectivity index (χ3v) is 10.7. The first kappa shape index (κ1) is 35.5. The lowest BCUT2D eigenvalue weighted by atomic mass is 9.75. The number of hydrogen-bond acceptors (Lipinski definition) is 9. The van der Waals surface area contributed by atoms with E-state index < -0.39 is 60.7 Å². The van der Waals surface area contributed by atoms with Gasteiger partial charge in [0.05, 0.1) is 23.9 Å². The van der Waals surface area contributed by atoms with Crippen molar-refractivity contribution in [2.24, 2.45) is 4.99 Å². The SMILES string of the molecule is COC(=O)C1C[C@@](C)(c2cc(B3OC(C)(C)C(C)(C)O3)ccc2F)N=C(N(COCC[Si](C)(C)C)C(=O)OC(C)(C)C)S1. The number of nitrogens with zero attached hydrogens (tertiary/aromatic N) is 2. The molecule has 13 heteroatoms. The van der Waals surface area contributed by atoms with Crippen LogP contribution < -0.4 is 5.46 Å². The van der Waals surface area contributed by atoms with Crippen LogP contribution in [0.5, 0.6) is 0 Å². The fourth-order valence-electron chi connectivity index (χ4n) is 4.49. The van der Waals surface area contributed by atoms with Gasteiger partial charge in [0, 0.05) is 20.2 Å². The third-order valence-electron chi connectivity index (χ3n) is 7.79. The number of aliphatic imine (C=N–C) groups is 1. The molecule has 240 valence electrons. The number of methoxy groups -OCH3 is 1. The number of carbonyl (C=O) groups excluding carboxylic acids is 2. The van der Waals surface area contributed by atoms with Gasteiger partial charge in [0.25, 0.3) is 0 Å². The van der Waals surface area contributed by atoms with E-state index in [0.717, 1.165) is 17.8 Å². The molecule has 0 bridgehead atoms. The van der Waals surface area contributed by atoms with Crippen LogP contribution >= 0.6 is 11.8 Å². The Balaban J connectivity index is 2.06. The van der Waals surface area contributed by atoms with Gasteiger partial charge >= 0.3 is 19.2 Å². The molecule has 1 amide bonds. The molecule has 43 heavy (non-hydrogen) atoms. The van der Waals surface area contributed by atoms with Crippen molar-refractivity contribution in [1.82, 2.24) is 4.90 Å². The number of benzene rings is 1. The number of amidine groups is 1. The molecule has 1 saturated heterocycles. The summed E-state index contributed by atoms with van der Waals surface area (Å²) in [6.45, 7) is 21.9. The number of halogens is 1. The maximum atomic E-state index is 15.7. The summed E-state index contributed by atoms with van der Waals surface area (Å²) in [7, 11) is -0.809. The summed E-state index contributed by atoms with van der Waals surface area (Å²) in [6.07, 6.45) is -0.540. The van der Waals surface area contributed by atoms with E-state index in [0.29, 0.717) is 12.1 Å². The van der Waals surface area contributed by atoms with Crippen LogP contribution in [-0.2, 0) is 33.9 Å². The molecule has 0 spiro atoms. The fraction of sp³-hybridized carbons (Fsp3) is 0.700. The molecular formula is C30H48BFN2O7SSi. The van der Waals surface area contributed by atoms with Crippen molar-refractivity contribution < 1.29 is 37.5 Å². The van der Waals surface area contributed by atoms with E-state index in [1.165, 1.54) is 18.1 Å². The van der Waals surface area contributed by atoms with Crippen LogP contribution in [0.25, 0.3) is 0 Å². The van der Waals surface area contributed by atoms with Crippen molar-refractivity contribution >= 4 is 49.6 Å². The summed E-state index contributed by atoms with van der Waals surface area (Å²) in [4.78, 5) is 32.6. The van der Waals surface area contributed by atoms with Crippen LogP contribution in [0.2, 0.25) is 25.7 Å². The average Bonchev–Trinajstić information content (AvgIpc) is 3.07. The Morgan fingerprint density at radius 2 is 1.74 bits per heavy atom. The first-order chi connectivity index (χ1) is 19.6. The van der Waals surface area contributed by atoms with Gasteiger partial charge in [-0.05, 0) is 79.4 Å². The summed E-state index contributed by atoms with van der Waals surface area (Å²) in [6, 6.07) is 5.55. The minimum absolute atomic E-state index is 0.133. The number of hydrogen-bond donors (Lipinski definition) is 0. The van der Waals surface area contributed by atoms with Gasteiger partial charge in [0.15, 0.2) is 5.17 Å². The predicted molar refractivity (Wildman–Crippen MR) is 172 cm³/mol. The maximum Gasteiger partial charge on any atom is 0.494 e. The largest absolute Gasteiger partial charge is 0.494 e. The van der Waals surface area contributed by atoms with E-state index in [2.05, 4.69) is 19.6 Å². The lowest BCUT2D eigenvalue weighted by Crippen LogP contribution is -2.46. The minimum atomic E-state index is -1.39. The third kappa shape index (κ3) is 8.84. The van der Waals surface area contributed by atoms with E-state index in [9.17, 15) is 9.59 Å². The quantitative estimate of drug-likeness (QED) is 0.150. The highest BCUT2D eigenvalue weighted by molar-refractivity contribution is 8.15. The summed E-state index contributed by atoms with van der Waals surface area (Å²) < 4.78 is 44.8. The number of ether oxygens (including phenoxy) is 3. The maximum absolute atomic E-state index is 15.7. The second-order valence-corrected chi connectivity index (χ2v) is 21.4. The van der Waals surface area contributed by atoms with Crippen LogP contribution in [-0.4, -0.2) is 79.8 Å². The van der Waals surface area contributed by atoms with E-state index in [4.69, 9.17) is 28.5 Å². The first-order valence-electron chi connectivity index (χ1n) is 14.7. The van der Waals surface area contributed by atoms with Gasteiger partial charge in [-0.3, -0.25) is 9.79 Å². The first-order valence-corrected chi connectivity index (χ1v) is 19.2. The van der Waals surface area contributed by atoms with Gasteiger partial charge < -0.3 is 23.5 Å². The van der Waals surface area contributed by atoms with Crippen LogP contribution in [0.15, 0.2) is 23.2 Å². The van der Waals surface area contributed by atoms with Crippen molar-refractivity contribution in [3.63, 3.8) is 0 Å². The van der Waals surface area contributed by atoms with E-state index in [1.54, 1.807) is 39.8 Å². The molecule has 2 atom stereocenters. The van der Waals surface area contributed by atoms with Crippen LogP contribution in [0.1, 0.15) is 67.4 Å². The predicted octanol–water partition coefficient (Wildman–Crippen LogP) is 5.92. The Hall–Kier alpha value is -1.93. The zero-order valence-corrected chi connectivity index (χ0v) is 29.6. The summed E-state index contributed by atoms with van der Waals surface area (Å²) in [5, 5.41) is -0.582. The van der Waals surface area contributed by atoms with Gasteiger partial charge in [-0.25, -0.2) is 14.1 Å². The molecule has 3 rings (SSSR count). The second kappa shape index (κ2) is 12.8. The Morgan fingerprint density at radius 1 is 1.14 bits per heavy atom.